The molecule has 1 aromatic heterocycles. The van der Waals surface area contributed by atoms with Crippen LogP contribution in [0.4, 0.5) is 23.2 Å². The molecule has 2 aliphatic heterocycles. The summed E-state index contributed by atoms with van der Waals surface area (Å²) in [6.45, 7) is 1.35. The van der Waals surface area contributed by atoms with E-state index in [-0.39, 0.29) is 23.2 Å². The van der Waals surface area contributed by atoms with Crippen molar-refractivity contribution >= 4 is 37.0 Å². The Kier molecular flexibility index (Phi) is 6.05. The number of aliphatic imine (C=N–C) groups is 1. The molecule has 37 heavy (non-hydrogen) atoms. The van der Waals surface area contributed by atoms with Crippen molar-refractivity contribution in [2.24, 2.45) is 4.99 Å². The van der Waals surface area contributed by atoms with Crippen molar-refractivity contribution in [3.63, 3.8) is 0 Å². The third kappa shape index (κ3) is 5.19. The predicted octanol–water partition coefficient (Wildman–Crippen LogP) is 6.73. The Morgan fingerprint density at radius 2 is 1.70 bits per heavy atom. The standard InChI is InChI=1S/C28H31F4N3OS/c1-37(2,3,4)20-6-8-26(23(29)16-20)36-19-10-13-35(14-11-19)25-9-12-33-24-7-5-18(15-21(24)25)22-17-34-27(22)28(30,31)32/h5-9,12,15-17,19,37H,10-11,13-14H2,1-4H3. The van der Waals surface area contributed by atoms with Crippen LogP contribution in [-0.4, -0.2) is 61.1 Å². The predicted molar refractivity (Wildman–Crippen MR) is 146 cm³/mol. The van der Waals surface area contributed by atoms with Crippen LogP contribution in [0.5, 0.6) is 5.75 Å². The summed E-state index contributed by atoms with van der Waals surface area (Å²) in [7, 11) is -2.08. The molecular weight excluding hydrogens is 502 g/mol. The van der Waals surface area contributed by atoms with Gasteiger partial charge >= 0.3 is 6.18 Å². The first-order chi connectivity index (χ1) is 17.3. The number of anilines is 1. The number of hydrogen-bond acceptors (Lipinski definition) is 4. The lowest BCUT2D eigenvalue weighted by molar-refractivity contribution is -0.0576. The maximum absolute atomic E-state index is 14.9. The number of nitrogens with zero attached hydrogens (tertiary/aromatic N) is 3. The molecule has 3 heterocycles. The molecular formula is C28H31F4N3OS. The van der Waals surface area contributed by atoms with Gasteiger partial charge in [-0.1, -0.05) is 6.07 Å². The van der Waals surface area contributed by atoms with Crippen LogP contribution < -0.4 is 9.64 Å². The molecule has 198 valence electrons. The number of allylic oxidation sites excluding steroid dienone is 1. The van der Waals surface area contributed by atoms with E-state index in [1.807, 2.05) is 12.1 Å². The van der Waals surface area contributed by atoms with Crippen LogP contribution in [0, 0.1) is 5.82 Å². The van der Waals surface area contributed by atoms with E-state index in [0.717, 1.165) is 16.0 Å². The SMILES string of the molecule is C[SH](C)(C)(C)c1ccc(OC2CCN(c3ccnc4ccc(C5=CN=C5C(F)(F)F)cc34)CC2)c(F)c1. The number of alkyl halides is 3. The van der Waals surface area contributed by atoms with Crippen molar-refractivity contribution in [2.75, 3.05) is 43.0 Å². The van der Waals surface area contributed by atoms with Crippen LogP contribution in [0.2, 0.25) is 0 Å². The smallest absolute Gasteiger partial charge is 0.434 e. The number of pyridine rings is 1. The van der Waals surface area contributed by atoms with E-state index in [1.54, 1.807) is 36.5 Å². The summed E-state index contributed by atoms with van der Waals surface area (Å²) >= 11 is 0. The van der Waals surface area contributed by atoms with Crippen molar-refractivity contribution < 1.29 is 22.3 Å². The fraction of sp³-hybridized carbons (Fsp3) is 0.357. The quantitative estimate of drug-likeness (QED) is 0.292. The molecule has 0 radical (unpaired) electrons. The third-order valence-electron chi connectivity index (χ3n) is 6.90. The van der Waals surface area contributed by atoms with E-state index >= 15 is 0 Å². The van der Waals surface area contributed by atoms with Gasteiger partial charge in [0.25, 0.3) is 0 Å². The van der Waals surface area contributed by atoms with Gasteiger partial charge in [0.15, 0.2) is 17.3 Å². The average molecular weight is 534 g/mol. The number of hydrogen-bond donors (Lipinski definition) is 1. The lowest BCUT2D eigenvalue weighted by Gasteiger charge is -2.47. The summed E-state index contributed by atoms with van der Waals surface area (Å²) in [6.07, 6.45) is 8.51. The first-order valence-corrected chi connectivity index (χ1v) is 16.3. The Labute approximate surface area is 214 Å². The summed E-state index contributed by atoms with van der Waals surface area (Å²) < 4.78 is 60.5. The van der Waals surface area contributed by atoms with Gasteiger partial charge < -0.3 is 9.64 Å². The molecule has 5 rings (SSSR count). The minimum atomic E-state index is -4.48. The second-order valence-corrected chi connectivity index (χ2v) is 19.2. The maximum atomic E-state index is 14.9. The molecule has 2 aromatic carbocycles. The van der Waals surface area contributed by atoms with Crippen LogP contribution in [0.15, 0.2) is 64.7 Å². The molecule has 0 amide bonds. The number of ether oxygens (including phenoxy) is 1. The van der Waals surface area contributed by atoms with Gasteiger partial charge in [-0.3, -0.25) is 19.1 Å². The zero-order chi connectivity index (χ0) is 26.6. The van der Waals surface area contributed by atoms with Crippen molar-refractivity contribution in [1.29, 1.82) is 0 Å². The maximum Gasteiger partial charge on any atom is 0.434 e. The molecule has 0 bridgehead atoms. The Balaban J connectivity index is 1.30. The third-order valence-corrected chi connectivity index (χ3v) is 9.24. The lowest BCUT2D eigenvalue weighted by Crippen LogP contribution is -2.38. The molecule has 0 N–H and O–H groups in total. The van der Waals surface area contributed by atoms with E-state index in [9.17, 15) is 17.6 Å². The van der Waals surface area contributed by atoms with Crippen LogP contribution in [0.25, 0.3) is 16.5 Å². The first kappa shape index (κ1) is 25.6. The molecule has 9 heteroatoms. The molecule has 2 aliphatic rings. The number of aromatic nitrogens is 1. The highest BCUT2D eigenvalue weighted by Crippen LogP contribution is 2.63. The van der Waals surface area contributed by atoms with Gasteiger partial charge in [0.1, 0.15) is 6.10 Å². The molecule has 4 nitrogen and oxygen atoms in total. The van der Waals surface area contributed by atoms with Gasteiger partial charge in [-0.05, 0) is 71.9 Å². The zero-order valence-corrected chi connectivity index (χ0v) is 22.2. The summed E-state index contributed by atoms with van der Waals surface area (Å²) in [6, 6.07) is 12.3. The van der Waals surface area contributed by atoms with E-state index in [0.29, 0.717) is 37.0 Å². The van der Waals surface area contributed by atoms with Crippen molar-refractivity contribution in [1.82, 2.24) is 4.98 Å². The Bertz CT molecular complexity index is 1420. The average Bonchev–Trinajstić information content (AvgIpc) is 2.77. The monoisotopic (exact) mass is 533 g/mol. The largest absolute Gasteiger partial charge is 0.487 e. The number of rotatable bonds is 5. The van der Waals surface area contributed by atoms with E-state index < -0.39 is 21.0 Å². The molecule has 1 saturated heterocycles. The van der Waals surface area contributed by atoms with Crippen molar-refractivity contribution in [3.05, 3.63) is 66.2 Å². The molecule has 0 saturated carbocycles. The first-order valence-electron chi connectivity index (χ1n) is 12.2. The summed E-state index contributed by atoms with van der Waals surface area (Å²) in [5, 5.41) is 0.787. The minimum absolute atomic E-state index is 0.0901. The fourth-order valence-corrected chi connectivity index (χ4v) is 6.04. The summed E-state index contributed by atoms with van der Waals surface area (Å²) in [4.78, 5) is 11.0. The molecule has 0 aliphatic carbocycles. The minimum Gasteiger partial charge on any atom is -0.487 e. The highest BCUT2D eigenvalue weighted by atomic mass is 32.3. The van der Waals surface area contributed by atoms with E-state index in [1.165, 1.54) is 6.20 Å². The van der Waals surface area contributed by atoms with Gasteiger partial charge in [-0.15, -0.1) is 0 Å². The number of fused-ring (bicyclic) bond motifs is 1. The van der Waals surface area contributed by atoms with Crippen LogP contribution in [0.1, 0.15) is 18.4 Å². The lowest BCUT2D eigenvalue weighted by atomic mass is 9.96. The second-order valence-electron chi connectivity index (χ2n) is 11.6. The fourth-order valence-electron chi connectivity index (χ4n) is 4.74. The molecule has 0 unspecified atom stereocenters. The van der Waals surface area contributed by atoms with Crippen LogP contribution in [-0.2, 0) is 0 Å². The Morgan fingerprint density at radius 1 is 0.973 bits per heavy atom. The number of halogens is 4. The summed E-state index contributed by atoms with van der Waals surface area (Å²) in [5.41, 5.74) is 1.33. The van der Waals surface area contributed by atoms with Crippen LogP contribution in [0.3, 0.4) is 0 Å². The molecule has 3 aromatic rings. The molecule has 1 fully saturated rings. The highest BCUT2D eigenvalue weighted by molar-refractivity contribution is 8.47. The van der Waals surface area contributed by atoms with Gasteiger partial charge in [-0.25, -0.2) is 4.39 Å². The molecule has 0 spiro atoms. The van der Waals surface area contributed by atoms with Crippen molar-refractivity contribution in [3.8, 4) is 5.75 Å². The van der Waals surface area contributed by atoms with Crippen LogP contribution >= 0.6 is 9.16 Å². The Hall–Kier alpha value is -3.07. The Morgan fingerprint density at radius 3 is 2.30 bits per heavy atom. The van der Waals surface area contributed by atoms with Gasteiger partial charge in [-0.2, -0.15) is 13.2 Å². The van der Waals surface area contributed by atoms with Crippen molar-refractivity contribution in [2.45, 2.75) is 30.0 Å². The van der Waals surface area contributed by atoms with Gasteiger partial charge in [0.2, 0.25) is 0 Å². The van der Waals surface area contributed by atoms with E-state index in [2.05, 4.69) is 39.9 Å². The second kappa shape index (κ2) is 8.75. The number of thiol groups is 1. The van der Waals surface area contributed by atoms with E-state index in [4.69, 9.17) is 4.74 Å². The normalized spacial score (nSPS) is 18.1. The van der Waals surface area contributed by atoms with Gasteiger partial charge in [0, 0.05) is 55.0 Å². The number of piperidine rings is 1. The zero-order valence-electron chi connectivity index (χ0n) is 21.3. The van der Waals surface area contributed by atoms with Gasteiger partial charge in [0.05, 0.1) is 5.52 Å². The molecule has 0 atom stereocenters. The number of benzene rings is 2. The summed E-state index contributed by atoms with van der Waals surface area (Å²) in [5.74, 6) is -0.0569. The highest BCUT2D eigenvalue weighted by Gasteiger charge is 2.41. The topological polar surface area (TPSA) is 37.7 Å².